The molecule has 35 heavy (non-hydrogen) atoms. The molecular weight excluding hydrogens is 486 g/mol. The highest BCUT2D eigenvalue weighted by Crippen LogP contribution is 2.37. The number of non-ortho nitro benzene ring substituents is 1. The van der Waals surface area contributed by atoms with Gasteiger partial charge in [-0.3, -0.25) is 14.3 Å². The van der Waals surface area contributed by atoms with Gasteiger partial charge in [0.25, 0.3) is 15.8 Å². The highest BCUT2D eigenvalue weighted by atomic mass is 32.2. The number of nitro benzene ring substituents is 1. The van der Waals surface area contributed by atoms with Gasteiger partial charge in [0.15, 0.2) is 24.8 Å². The molecule has 2 fully saturated rings. The van der Waals surface area contributed by atoms with Gasteiger partial charge in [-0.05, 0) is 12.1 Å². The maximum Gasteiger partial charge on any atom is 0.338 e. The van der Waals surface area contributed by atoms with Crippen molar-refractivity contribution in [3.63, 3.8) is 0 Å². The highest BCUT2D eigenvalue weighted by molar-refractivity contribution is 7.86. The average Bonchev–Trinajstić information content (AvgIpc) is 2.84. The van der Waals surface area contributed by atoms with Crippen LogP contribution in [0.1, 0.15) is 22.2 Å². The molecule has 0 amide bonds. The van der Waals surface area contributed by atoms with Crippen LogP contribution >= 0.6 is 0 Å². The van der Waals surface area contributed by atoms with E-state index in [4.69, 9.17) is 27.9 Å². The summed E-state index contributed by atoms with van der Waals surface area (Å²) in [5, 5.41) is 10.9. The second-order valence-electron chi connectivity index (χ2n) is 7.89. The summed E-state index contributed by atoms with van der Waals surface area (Å²) in [7, 11) is -2.74. The second kappa shape index (κ2) is 10.4. The number of hydrogen-bond acceptors (Lipinski definition) is 11. The molecule has 2 aliphatic heterocycles. The lowest BCUT2D eigenvalue weighted by atomic mass is 9.97. The van der Waals surface area contributed by atoms with E-state index in [1.807, 2.05) is 6.07 Å². The van der Waals surface area contributed by atoms with Gasteiger partial charge in [-0.1, -0.05) is 30.3 Å². The topological polar surface area (TPSA) is 150 Å². The molecule has 0 N–H and O–H groups in total. The van der Waals surface area contributed by atoms with E-state index in [9.17, 15) is 23.3 Å². The van der Waals surface area contributed by atoms with Crippen LogP contribution in [0.25, 0.3) is 0 Å². The molecule has 0 spiro atoms. The Hall–Kier alpha value is -2.94. The fourth-order valence-corrected chi connectivity index (χ4v) is 4.47. The minimum Gasteiger partial charge on any atom is -0.453 e. The monoisotopic (exact) mass is 509 g/mol. The molecule has 2 aliphatic rings. The first-order valence-corrected chi connectivity index (χ1v) is 12.3. The smallest absolute Gasteiger partial charge is 0.338 e. The van der Waals surface area contributed by atoms with E-state index < -0.39 is 58.0 Å². The van der Waals surface area contributed by atoms with Crippen molar-refractivity contribution in [2.75, 3.05) is 20.0 Å². The van der Waals surface area contributed by atoms with Gasteiger partial charge in [-0.25, -0.2) is 4.79 Å². The SMILES string of the molecule is CO[C@H]1O[C@@H]2CO[C@H](c3ccccc3)O[C@H]2[C@H](OC(=O)c2ccc([N+](=O)[O-])cc2)[C@H]1OS(C)(=O)=O. The number of rotatable bonds is 7. The van der Waals surface area contributed by atoms with Crippen molar-refractivity contribution in [3.05, 3.63) is 75.8 Å². The molecule has 2 aromatic rings. The molecule has 0 bridgehead atoms. The van der Waals surface area contributed by atoms with Gasteiger partial charge in [-0.2, -0.15) is 8.42 Å². The van der Waals surface area contributed by atoms with Gasteiger partial charge < -0.3 is 23.7 Å². The summed E-state index contributed by atoms with van der Waals surface area (Å²) < 4.78 is 57.8. The lowest BCUT2D eigenvalue weighted by Gasteiger charge is -2.47. The zero-order chi connectivity index (χ0) is 25.2. The molecule has 2 saturated heterocycles. The van der Waals surface area contributed by atoms with Crippen LogP contribution in [-0.2, 0) is 38.0 Å². The molecule has 0 aliphatic carbocycles. The summed E-state index contributed by atoms with van der Waals surface area (Å²) in [6.07, 6.45) is -5.64. The fraction of sp³-hybridized carbons (Fsp3) is 0.409. The number of hydrogen-bond donors (Lipinski definition) is 0. The summed E-state index contributed by atoms with van der Waals surface area (Å²) in [4.78, 5) is 23.3. The molecule has 4 rings (SSSR count). The third kappa shape index (κ3) is 5.83. The summed E-state index contributed by atoms with van der Waals surface area (Å²) in [6.45, 7) is 0.0429. The molecule has 6 atom stereocenters. The van der Waals surface area contributed by atoms with E-state index in [2.05, 4.69) is 0 Å². The minimum atomic E-state index is -4.03. The van der Waals surface area contributed by atoms with Crippen LogP contribution in [0, 0.1) is 10.1 Å². The Labute approximate surface area is 200 Å². The number of methoxy groups -OCH3 is 1. The molecule has 0 saturated carbocycles. The van der Waals surface area contributed by atoms with Gasteiger partial charge in [0, 0.05) is 24.8 Å². The van der Waals surface area contributed by atoms with Crippen molar-refractivity contribution in [2.45, 2.75) is 37.0 Å². The van der Waals surface area contributed by atoms with E-state index in [1.54, 1.807) is 24.3 Å². The first-order valence-electron chi connectivity index (χ1n) is 10.5. The molecular formula is C22H23NO11S. The van der Waals surface area contributed by atoms with Crippen LogP contribution in [0.3, 0.4) is 0 Å². The van der Waals surface area contributed by atoms with E-state index in [0.717, 1.165) is 18.4 Å². The largest absolute Gasteiger partial charge is 0.453 e. The summed E-state index contributed by atoms with van der Waals surface area (Å²) >= 11 is 0. The Balaban J connectivity index is 1.64. The van der Waals surface area contributed by atoms with Gasteiger partial charge >= 0.3 is 5.97 Å². The van der Waals surface area contributed by atoms with Crippen molar-refractivity contribution in [3.8, 4) is 0 Å². The maximum absolute atomic E-state index is 13.0. The van der Waals surface area contributed by atoms with Crippen LogP contribution in [0.15, 0.2) is 54.6 Å². The third-order valence-corrected chi connectivity index (χ3v) is 6.00. The molecule has 0 aromatic heterocycles. The van der Waals surface area contributed by atoms with Crippen LogP contribution in [0.5, 0.6) is 0 Å². The fourth-order valence-electron chi connectivity index (χ4n) is 3.87. The number of carbonyl (C=O) groups is 1. The Kier molecular flexibility index (Phi) is 7.44. The number of esters is 1. The van der Waals surface area contributed by atoms with Crippen molar-refractivity contribution < 1.29 is 46.0 Å². The normalized spacial score (nSPS) is 28.6. The van der Waals surface area contributed by atoms with Gasteiger partial charge in [0.2, 0.25) is 0 Å². The van der Waals surface area contributed by atoms with Crippen molar-refractivity contribution in [1.29, 1.82) is 0 Å². The van der Waals surface area contributed by atoms with Crippen molar-refractivity contribution in [2.24, 2.45) is 0 Å². The molecule has 0 unspecified atom stereocenters. The van der Waals surface area contributed by atoms with Gasteiger partial charge in [-0.15, -0.1) is 0 Å². The summed E-state index contributed by atoms with van der Waals surface area (Å²) in [5.74, 6) is -0.867. The second-order valence-corrected chi connectivity index (χ2v) is 9.49. The van der Waals surface area contributed by atoms with Crippen LogP contribution in [0.4, 0.5) is 5.69 Å². The first kappa shape index (κ1) is 25.2. The molecule has 13 heteroatoms. The Morgan fingerprint density at radius 3 is 2.34 bits per heavy atom. The highest BCUT2D eigenvalue weighted by Gasteiger charge is 2.54. The van der Waals surface area contributed by atoms with Crippen LogP contribution in [-0.4, -0.2) is 70.0 Å². The predicted molar refractivity (Wildman–Crippen MR) is 118 cm³/mol. The van der Waals surface area contributed by atoms with Crippen LogP contribution < -0.4 is 0 Å². The number of ether oxygens (including phenoxy) is 5. The summed E-state index contributed by atoms with van der Waals surface area (Å²) in [5.41, 5.74) is 0.502. The quantitative estimate of drug-likeness (QED) is 0.233. The number of carbonyl (C=O) groups excluding carboxylic acids is 1. The number of benzene rings is 2. The van der Waals surface area contributed by atoms with E-state index in [0.29, 0.717) is 5.56 Å². The standard InChI is InChI=1S/C22H23NO11S/c1-29-22-19(34-35(2,27)28)18(32-20(24)13-8-10-15(11-9-13)23(25)26)17-16(31-22)12-30-21(33-17)14-6-4-3-5-7-14/h3-11,16-19,21-22H,12H2,1-2H3/t16-,17-,18+,19-,21+,22+/m1/s1. The van der Waals surface area contributed by atoms with Crippen molar-refractivity contribution >= 4 is 21.8 Å². The molecule has 2 aromatic carbocycles. The predicted octanol–water partition coefficient (Wildman–Crippen LogP) is 1.95. The van der Waals surface area contributed by atoms with Gasteiger partial charge in [0.1, 0.15) is 12.2 Å². The number of nitro groups is 1. The van der Waals surface area contributed by atoms with Crippen LogP contribution in [0.2, 0.25) is 0 Å². The molecule has 2 heterocycles. The van der Waals surface area contributed by atoms with E-state index in [1.165, 1.54) is 19.2 Å². The average molecular weight is 509 g/mol. The Morgan fingerprint density at radius 1 is 1.06 bits per heavy atom. The lowest BCUT2D eigenvalue weighted by molar-refractivity contribution is -0.384. The molecule has 0 radical (unpaired) electrons. The number of fused-ring (bicyclic) bond motifs is 1. The zero-order valence-electron chi connectivity index (χ0n) is 18.7. The Bertz CT molecular complexity index is 1160. The van der Waals surface area contributed by atoms with E-state index in [-0.39, 0.29) is 17.9 Å². The molecule has 12 nitrogen and oxygen atoms in total. The number of nitrogens with zero attached hydrogens (tertiary/aromatic N) is 1. The van der Waals surface area contributed by atoms with Crippen molar-refractivity contribution in [1.82, 2.24) is 0 Å². The first-order chi connectivity index (χ1) is 16.7. The van der Waals surface area contributed by atoms with Gasteiger partial charge in [0.05, 0.1) is 23.3 Å². The maximum atomic E-state index is 13.0. The third-order valence-electron chi connectivity index (χ3n) is 5.43. The molecule has 188 valence electrons. The minimum absolute atomic E-state index is 0.0115. The zero-order valence-corrected chi connectivity index (χ0v) is 19.5. The summed E-state index contributed by atoms with van der Waals surface area (Å²) in [6, 6.07) is 13.8. The van der Waals surface area contributed by atoms with E-state index >= 15 is 0 Å². The lowest BCUT2D eigenvalue weighted by Crippen LogP contribution is -2.64. The Morgan fingerprint density at radius 2 is 1.74 bits per heavy atom.